The van der Waals surface area contributed by atoms with E-state index >= 15 is 0 Å². The van der Waals surface area contributed by atoms with E-state index in [-0.39, 0.29) is 11.8 Å². The molecule has 0 amide bonds. The van der Waals surface area contributed by atoms with Crippen LogP contribution in [0.4, 0.5) is 5.82 Å². The predicted octanol–water partition coefficient (Wildman–Crippen LogP) is 2.36. The van der Waals surface area contributed by atoms with Gasteiger partial charge in [-0.3, -0.25) is 0 Å². The molecule has 1 aliphatic rings. The Morgan fingerprint density at radius 3 is 2.52 bits per heavy atom. The summed E-state index contributed by atoms with van der Waals surface area (Å²) in [6, 6.07) is 16.7. The standard InChI is InChI=1S/C18H20N4O2S/c19-13-17-7-4-8-18(21-17)20-16-9-11-22(12-10-16)25(23,24)14-15-5-2-1-3-6-15/h1-8,16H,9-12,14H2,(H,20,21). The van der Waals surface area contributed by atoms with Crippen molar-refractivity contribution < 1.29 is 8.42 Å². The Labute approximate surface area is 148 Å². The van der Waals surface area contributed by atoms with Crippen LogP contribution in [-0.2, 0) is 15.8 Å². The molecule has 6 nitrogen and oxygen atoms in total. The Balaban J connectivity index is 1.57. The number of hydrogen-bond acceptors (Lipinski definition) is 5. The maximum absolute atomic E-state index is 12.6. The largest absolute Gasteiger partial charge is 0.367 e. The number of aromatic nitrogens is 1. The van der Waals surface area contributed by atoms with E-state index in [1.807, 2.05) is 42.5 Å². The normalized spacial score (nSPS) is 16.3. The highest BCUT2D eigenvalue weighted by molar-refractivity contribution is 7.88. The van der Waals surface area contributed by atoms with Gasteiger partial charge in [-0.25, -0.2) is 17.7 Å². The number of rotatable bonds is 5. The van der Waals surface area contributed by atoms with E-state index in [1.165, 1.54) is 0 Å². The first-order valence-corrected chi connectivity index (χ1v) is 9.83. The average molecular weight is 356 g/mol. The van der Waals surface area contributed by atoms with Crippen LogP contribution in [0.5, 0.6) is 0 Å². The quantitative estimate of drug-likeness (QED) is 0.889. The third kappa shape index (κ3) is 4.56. The molecular weight excluding hydrogens is 336 g/mol. The fraction of sp³-hybridized carbons (Fsp3) is 0.333. The zero-order valence-corrected chi connectivity index (χ0v) is 14.6. The number of hydrogen-bond donors (Lipinski definition) is 1. The van der Waals surface area contributed by atoms with Crippen LogP contribution in [0.25, 0.3) is 0 Å². The van der Waals surface area contributed by atoms with Crippen LogP contribution in [0, 0.1) is 11.3 Å². The number of nitrogens with zero attached hydrogens (tertiary/aromatic N) is 3. The highest BCUT2D eigenvalue weighted by Gasteiger charge is 2.28. The van der Waals surface area contributed by atoms with Crippen LogP contribution < -0.4 is 5.32 Å². The first-order valence-electron chi connectivity index (χ1n) is 8.22. The minimum Gasteiger partial charge on any atom is -0.367 e. The molecule has 2 aromatic rings. The summed E-state index contributed by atoms with van der Waals surface area (Å²) >= 11 is 0. The molecule has 1 aromatic heterocycles. The maximum atomic E-state index is 12.6. The van der Waals surface area contributed by atoms with Crippen LogP contribution in [0.3, 0.4) is 0 Å². The lowest BCUT2D eigenvalue weighted by Crippen LogP contribution is -2.42. The number of pyridine rings is 1. The fourth-order valence-electron chi connectivity index (χ4n) is 2.94. The predicted molar refractivity (Wildman–Crippen MR) is 96.2 cm³/mol. The lowest BCUT2D eigenvalue weighted by molar-refractivity contribution is 0.329. The van der Waals surface area contributed by atoms with Crippen molar-refractivity contribution in [3.8, 4) is 6.07 Å². The average Bonchev–Trinajstić information content (AvgIpc) is 2.63. The second-order valence-corrected chi connectivity index (χ2v) is 8.05. The lowest BCUT2D eigenvalue weighted by Gasteiger charge is -2.32. The first-order chi connectivity index (χ1) is 12.1. The van der Waals surface area contributed by atoms with Crippen LogP contribution in [0.15, 0.2) is 48.5 Å². The van der Waals surface area contributed by atoms with Crippen molar-refractivity contribution in [1.82, 2.24) is 9.29 Å². The monoisotopic (exact) mass is 356 g/mol. The molecule has 1 saturated heterocycles. The number of benzene rings is 1. The van der Waals surface area contributed by atoms with Crippen LogP contribution in [0.1, 0.15) is 24.1 Å². The van der Waals surface area contributed by atoms with Crippen molar-refractivity contribution >= 4 is 15.8 Å². The Morgan fingerprint density at radius 1 is 1.12 bits per heavy atom. The van der Waals surface area contributed by atoms with E-state index in [0.29, 0.717) is 37.4 Å². The van der Waals surface area contributed by atoms with Gasteiger partial charge in [0.1, 0.15) is 17.6 Å². The Morgan fingerprint density at radius 2 is 1.84 bits per heavy atom. The van der Waals surface area contributed by atoms with Gasteiger partial charge in [-0.05, 0) is 30.5 Å². The Kier molecular flexibility index (Phi) is 5.31. The molecule has 0 unspecified atom stereocenters. The van der Waals surface area contributed by atoms with E-state index in [1.54, 1.807) is 16.4 Å². The van der Waals surface area contributed by atoms with Gasteiger partial charge in [0.25, 0.3) is 0 Å². The summed E-state index contributed by atoms with van der Waals surface area (Å²) in [5, 5.41) is 12.2. The number of anilines is 1. The van der Waals surface area contributed by atoms with Gasteiger partial charge in [0.05, 0.1) is 5.75 Å². The molecule has 1 aliphatic heterocycles. The van der Waals surface area contributed by atoms with Gasteiger partial charge in [0, 0.05) is 19.1 Å². The van der Waals surface area contributed by atoms with Gasteiger partial charge < -0.3 is 5.32 Å². The van der Waals surface area contributed by atoms with Crippen molar-refractivity contribution in [3.63, 3.8) is 0 Å². The highest BCUT2D eigenvalue weighted by Crippen LogP contribution is 2.20. The highest BCUT2D eigenvalue weighted by atomic mass is 32.2. The molecule has 0 atom stereocenters. The lowest BCUT2D eigenvalue weighted by atomic mass is 10.1. The number of nitrogens with one attached hydrogen (secondary N) is 1. The van der Waals surface area contributed by atoms with Crippen molar-refractivity contribution in [2.75, 3.05) is 18.4 Å². The summed E-state index contributed by atoms with van der Waals surface area (Å²) in [5.41, 5.74) is 1.17. The second kappa shape index (κ2) is 7.64. The summed E-state index contributed by atoms with van der Waals surface area (Å²) < 4.78 is 26.7. The number of sulfonamides is 1. The fourth-order valence-corrected chi connectivity index (χ4v) is 4.50. The molecule has 25 heavy (non-hydrogen) atoms. The van der Waals surface area contributed by atoms with Gasteiger partial charge in [0.2, 0.25) is 10.0 Å². The molecular formula is C18H20N4O2S. The summed E-state index contributed by atoms with van der Waals surface area (Å²) in [4.78, 5) is 4.20. The molecule has 1 fully saturated rings. The first kappa shape index (κ1) is 17.4. The Hall–Kier alpha value is -2.43. The molecule has 1 aromatic carbocycles. The Bertz CT molecular complexity index is 854. The van der Waals surface area contributed by atoms with Gasteiger partial charge in [-0.1, -0.05) is 36.4 Å². The summed E-state index contributed by atoms with van der Waals surface area (Å²) in [6.45, 7) is 0.982. The molecule has 3 rings (SSSR count). The number of nitriles is 1. The minimum atomic E-state index is -3.30. The van der Waals surface area contributed by atoms with Crippen molar-refractivity contribution in [2.45, 2.75) is 24.6 Å². The molecule has 0 bridgehead atoms. The minimum absolute atomic E-state index is 0.0394. The van der Waals surface area contributed by atoms with Crippen molar-refractivity contribution in [3.05, 3.63) is 59.8 Å². The molecule has 0 aliphatic carbocycles. The van der Waals surface area contributed by atoms with Gasteiger partial charge in [-0.15, -0.1) is 0 Å². The smallest absolute Gasteiger partial charge is 0.218 e. The summed E-state index contributed by atoms with van der Waals surface area (Å²) in [5.74, 6) is 0.696. The van der Waals surface area contributed by atoms with E-state index in [0.717, 1.165) is 5.56 Å². The zero-order valence-electron chi connectivity index (χ0n) is 13.8. The van der Waals surface area contributed by atoms with Gasteiger partial charge in [-0.2, -0.15) is 5.26 Å². The molecule has 130 valence electrons. The second-order valence-electron chi connectivity index (χ2n) is 6.08. The van der Waals surface area contributed by atoms with Crippen LogP contribution >= 0.6 is 0 Å². The van der Waals surface area contributed by atoms with Gasteiger partial charge >= 0.3 is 0 Å². The molecule has 0 spiro atoms. The van der Waals surface area contributed by atoms with E-state index in [4.69, 9.17) is 5.26 Å². The van der Waals surface area contributed by atoms with E-state index in [2.05, 4.69) is 10.3 Å². The topological polar surface area (TPSA) is 86.1 Å². The van der Waals surface area contributed by atoms with E-state index < -0.39 is 10.0 Å². The number of piperidine rings is 1. The van der Waals surface area contributed by atoms with Crippen molar-refractivity contribution in [1.29, 1.82) is 5.26 Å². The maximum Gasteiger partial charge on any atom is 0.218 e. The molecule has 1 N–H and O–H groups in total. The summed E-state index contributed by atoms with van der Waals surface area (Å²) in [6.07, 6.45) is 1.43. The molecule has 7 heteroatoms. The summed E-state index contributed by atoms with van der Waals surface area (Å²) in [7, 11) is -3.30. The third-order valence-electron chi connectivity index (χ3n) is 4.25. The molecule has 2 heterocycles. The van der Waals surface area contributed by atoms with Crippen LogP contribution in [0.2, 0.25) is 0 Å². The van der Waals surface area contributed by atoms with E-state index in [9.17, 15) is 8.42 Å². The SMILES string of the molecule is N#Cc1cccc(NC2CCN(S(=O)(=O)Cc3ccccc3)CC2)n1. The molecule has 0 saturated carbocycles. The molecule has 0 radical (unpaired) electrons. The zero-order chi connectivity index (χ0) is 17.7. The van der Waals surface area contributed by atoms with Gasteiger partial charge in [0.15, 0.2) is 0 Å². The van der Waals surface area contributed by atoms with Crippen molar-refractivity contribution in [2.24, 2.45) is 0 Å². The third-order valence-corrected chi connectivity index (χ3v) is 6.10. The van der Waals surface area contributed by atoms with Crippen LogP contribution in [-0.4, -0.2) is 36.8 Å².